The van der Waals surface area contributed by atoms with Gasteiger partial charge in [-0.25, -0.2) is 0 Å². The summed E-state index contributed by atoms with van der Waals surface area (Å²) in [6, 6.07) is 50.0. The highest BCUT2D eigenvalue weighted by Crippen LogP contribution is 2.46. The molecule has 0 aliphatic carbocycles. The SMILES string of the molecule is CCCCCc1cc(CCCCC)cc(-c2c3ccccc3c(-c3cc(-c4cccc(Br)c4)cc(-c4cccc(Br)c4)c3)c3ccccc23)c1. The summed E-state index contributed by atoms with van der Waals surface area (Å²) < 4.78 is 2.16. The molecule has 0 unspecified atom stereocenters. The van der Waals surface area contributed by atoms with Gasteiger partial charge in [0.15, 0.2) is 0 Å². The molecule has 250 valence electrons. The van der Waals surface area contributed by atoms with Gasteiger partial charge in [0.05, 0.1) is 0 Å². The lowest BCUT2D eigenvalue weighted by Gasteiger charge is -2.20. The Labute approximate surface area is 314 Å². The van der Waals surface area contributed by atoms with E-state index in [2.05, 4.69) is 179 Å². The number of hydrogen-bond donors (Lipinski definition) is 0. The van der Waals surface area contributed by atoms with Gasteiger partial charge in [0, 0.05) is 8.95 Å². The molecular formula is C48H44Br2. The van der Waals surface area contributed by atoms with E-state index in [1.807, 2.05) is 0 Å². The first kappa shape index (κ1) is 34.5. The van der Waals surface area contributed by atoms with Gasteiger partial charge in [0.25, 0.3) is 0 Å². The van der Waals surface area contributed by atoms with Gasteiger partial charge in [0.1, 0.15) is 0 Å². The van der Waals surface area contributed by atoms with Crippen LogP contribution in [0.1, 0.15) is 63.5 Å². The predicted molar refractivity (Wildman–Crippen MR) is 225 cm³/mol. The average Bonchev–Trinajstić information content (AvgIpc) is 3.14. The van der Waals surface area contributed by atoms with Crippen molar-refractivity contribution in [1.29, 1.82) is 0 Å². The average molecular weight is 781 g/mol. The van der Waals surface area contributed by atoms with Gasteiger partial charge in [-0.15, -0.1) is 0 Å². The highest BCUT2D eigenvalue weighted by atomic mass is 79.9. The molecule has 0 saturated heterocycles. The third-order valence-corrected chi connectivity index (χ3v) is 10.9. The second-order valence-corrected chi connectivity index (χ2v) is 15.4. The number of aryl methyl sites for hydroxylation is 2. The fourth-order valence-electron chi connectivity index (χ4n) is 7.55. The largest absolute Gasteiger partial charge is 0.0654 e. The lowest BCUT2D eigenvalue weighted by Crippen LogP contribution is -1.96. The summed E-state index contributed by atoms with van der Waals surface area (Å²) in [5, 5.41) is 5.19. The molecule has 50 heavy (non-hydrogen) atoms. The molecule has 7 rings (SSSR count). The van der Waals surface area contributed by atoms with E-state index < -0.39 is 0 Å². The van der Waals surface area contributed by atoms with E-state index in [4.69, 9.17) is 0 Å². The Kier molecular flexibility index (Phi) is 11.0. The second-order valence-electron chi connectivity index (χ2n) is 13.6. The van der Waals surface area contributed by atoms with Crippen LogP contribution >= 0.6 is 31.9 Å². The fourth-order valence-corrected chi connectivity index (χ4v) is 8.34. The second kappa shape index (κ2) is 15.9. The van der Waals surface area contributed by atoms with E-state index in [0.717, 1.165) is 21.8 Å². The highest BCUT2D eigenvalue weighted by molar-refractivity contribution is 9.10. The molecule has 0 amide bonds. The van der Waals surface area contributed by atoms with Crippen LogP contribution in [0.25, 0.3) is 66.1 Å². The molecule has 0 saturated carbocycles. The minimum Gasteiger partial charge on any atom is -0.0654 e. The Bertz CT molecular complexity index is 2130. The van der Waals surface area contributed by atoms with E-state index in [9.17, 15) is 0 Å². The molecule has 0 radical (unpaired) electrons. The topological polar surface area (TPSA) is 0 Å². The van der Waals surface area contributed by atoms with Gasteiger partial charge < -0.3 is 0 Å². The minimum atomic E-state index is 1.08. The monoisotopic (exact) mass is 778 g/mol. The third kappa shape index (κ3) is 7.53. The molecule has 0 bridgehead atoms. The van der Waals surface area contributed by atoms with Crippen molar-refractivity contribution < 1.29 is 0 Å². The molecule has 0 heterocycles. The molecule has 0 spiro atoms. The van der Waals surface area contributed by atoms with Crippen molar-refractivity contribution in [1.82, 2.24) is 0 Å². The van der Waals surface area contributed by atoms with Crippen LogP contribution < -0.4 is 0 Å². The van der Waals surface area contributed by atoms with Crippen molar-refractivity contribution >= 4 is 53.4 Å². The van der Waals surface area contributed by atoms with Gasteiger partial charge in [-0.1, -0.05) is 162 Å². The van der Waals surface area contributed by atoms with Gasteiger partial charge in [-0.3, -0.25) is 0 Å². The lowest BCUT2D eigenvalue weighted by atomic mass is 9.83. The van der Waals surface area contributed by atoms with Gasteiger partial charge in [0.2, 0.25) is 0 Å². The number of halogens is 2. The van der Waals surface area contributed by atoms with Crippen LogP contribution in [0.3, 0.4) is 0 Å². The van der Waals surface area contributed by atoms with Crippen molar-refractivity contribution in [2.45, 2.75) is 65.2 Å². The van der Waals surface area contributed by atoms with Crippen LogP contribution in [0, 0.1) is 0 Å². The molecule has 2 heteroatoms. The quantitative estimate of drug-likeness (QED) is 0.0856. The first-order valence-electron chi connectivity index (χ1n) is 18.3. The van der Waals surface area contributed by atoms with E-state index in [-0.39, 0.29) is 0 Å². The standard InChI is InChI=1S/C48H44Br2/c1-3-5-7-15-33-25-34(16-8-6-4-2)27-39(26-33)47-43-21-9-11-23-45(43)48(46-24-12-10-22-44(46)47)40-29-37(35-17-13-19-41(49)31-35)28-38(30-40)36-18-14-20-42(50)32-36/h9-14,17-32H,3-8,15-16H2,1-2H3. The summed E-state index contributed by atoms with van der Waals surface area (Å²) in [5.74, 6) is 0. The van der Waals surface area contributed by atoms with E-state index >= 15 is 0 Å². The van der Waals surface area contributed by atoms with Crippen molar-refractivity contribution in [3.8, 4) is 44.5 Å². The fraction of sp³-hybridized carbons (Fsp3) is 0.208. The molecule has 0 aliphatic rings. The van der Waals surface area contributed by atoms with Crippen LogP contribution in [0.5, 0.6) is 0 Å². The van der Waals surface area contributed by atoms with E-state index in [1.165, 1.54) is 116 Å². The normalized spacial score (nSPS) is 11.4. The molecule has 0 aromatic heterocycles. The minimum absolute atomic E-state index is 1.08. The first-order valence-corrected chi connectivity index (χ1v) is 19.8. The van der Waals surface area contributed by atoms with E-state index in [1.54, 1.807) is 0 Å². The Balaban J connectivity index is 1.49. The van der Waals surface area contributed by atoms with Crippen LogP contribution in [-0.4, -0.2) is 0 Å². The van der Waals surface area contributed by atoms with Crippen molar-refractivity contribution in [2.75, 3.05) is 0 Å². The summed E-state index contributed by atoms with van der Waals surface area (Å²) >= 11 is 7.46. The van der Waals surface area contributed by atoms with Crippen molar-refractivity contribution in [3.63, 3.8) is 0 Å². The Morgan fingerprint density at radius 2 is 0.760 bits per heavy atom. The number of fused-ring (bicyclic) bond motifs is 2. The Hall–Kier alpha value is -3.98. The van der Waals surface area contributed by atoms with Crippen LogP contribution in [-0.2, 0) is 12.8 Å². The van der Waals surface area contributed by atoms with Crippen LogP contribution in [0.15, 0.2) is 142 Å². The Morgan fingerprint density at radius 3 is 1.16 bits per heavy atom. The van der Waals surface area contributed by atoms with Crippen LogP contribution in [0.2, 0.25) is 0 Å². The molecular weight excluding hydrogens is 736 g/mol. The molecule has 0 atom stereocenters. The zero-order chi connectivity index (χ0) is 34.5. The van der Waals surface area contributed by atoms with Gasteiger partial charge in [-0.2, -0.15) is 0 Å². The predicted octanol–water partition coefficient (Wildman–Crippen LogP) is 15.7. The first-order chi connectivity index (χ1) is 24.5. The smallest absolute Gasteiger partial charge is 0.0181 e. The number of benzene rings is 7. The highest BCUT2D eigenvalue weighted by Gasteiger charge is 2.19. The molecule has 0 N–H and O–H groups in total. The number of hydrogen-bond acceptors (Lipinski definition) is 0. The van der Waals surface area contributed by atoms with Crippen LogP contribution in [0.4, 0.5) is 0 Å². The van der Waals surface area contributed by atoms with Gasteiger partial charge >= 0.3 is 0 Å². The summed E-state index contributed by atoms with van der Waals surface area (Å²) in [5.41, 5.74) is 12.9. The summed E-state index contributed by atoms with van der Waals surface area (Å²) in [6.45, 7) is 4.59. The number of unbranched alkanes of at least 4 members (excludes halogenated alkanes) is 4. The molecule has 0 aliphatic heterocycles. The summed E-state index contributed by atoms with van der Waals surface area (Å²) in [4.78, 5) is 0. The molecule has 7 aromatic carbocycles. The maximum Gasteiger partial charge on any atom is 0.0181 e. The summed E-state index contributed by atoms with van der Waals surface area (Å²) in [7, 11) is 0. The number of rotatable bonds is 12. The van der Waals surface area contributed by atoms with E-state index in [0.29, 0.717) is 0 Å². The Morgan fingerprint density at radius 1 is 0.360 bits per heavy atom. The van der Waals surface area contributed by atoms with Gasteiger partial charge in [-0.05, 0) is 145 Å². The third-order valence-electron chi connectivity index (χ3n) is 9.95. The van der Waals surface area contributed by atoms with Crippen molar-refractivity contribution in [3.05, 3.63) is 154 Å². The maximum atomic E-state index is 3.73. The van der Waals surface area contributed by atoms with Crippen molar-refractivity contribution in [2.24, 2.45) is 0 Å². The molecule has 0 fully saturated rings. The zero-order valence-electron chi connectivity index (χ0n) is 29.1. The lowest BCUT2D eigenvalue weighted by molar-refractivity contribution is 0.709. The summed E-state index contributed by atoms with van der Waals surface area (Å²) in [6.07, 6.45) is 9.78. The maximum absolute atomic E-state index is 3.73. The zero-order valence-corrected chi connectivity index (χ0v) is 32.3. The molecule has 7 aromatic rings. The molecule has 0 nitrogen and oxygen atoms in total.